The number of rotatable bonds is 7. The lowest BCUT2D eigenvalue weighted by Crippen LogP contribution is -2.24. The van der Waals surface area contributed by atoms with E-state index in [1.165, 1.54) is 24.0 Å². The highest BCUT2D eigenvalue weighted by Crippen LogP contribution is 2.34. The molecule has 3 aromatic rings. The fourth-order valence-corrected chi connectivity index (χ4v) is 2.97. The smallest absolute Gasteiger partial charge is 0.165 e. The highest BCUT2D eigenvalue weighted by Gasteiger charge is 2.28. The number of hydrogen-bond acceptors (Lipinski definition) is 4. The van der Waals surface area contributed by atoms with Crippen molar-refractivity contribution in [2.75, 3.05) is 0 Å². The van der Waals surface area contributed by atoms with Crippen LogP contribution in [0.2, 0.25) is 0 Å². The Morgan fingerprint density at radius 1 is 0.833 bits per heavy atom. The highest BCUT2D eigenvalue weighted by atomic mass is 15.6. The van der Waals surface area contributed by atoms with Gasteiger partial charge in [-0.15, -0.1) is 5.10 Å². The van der Waals surface area contributed by atoms with Crippen LogP contribution in [-0.4, -0.2) is 25.1 Å². The second-order valence-electron chi connectivity index (χ2n) is 6.39. The van der Waals surface area contributed by atoms with Gasteiger partial charge in [0, 0.05) is 13.1 Å². The monoisotopic (exact) mass is 319 g/mol. The third kappa shape index (κ3) is 3.68. The first-order valence-electron chi connectivity index (χ1n) is 8.45. The van der Waals surface area contributed by atoms with Gasteiger partial charge in [-0.2, -0.15) is 0 Å². The molecule has 1 aromatic heterocycles. The number of hydrogen-bond donors (Lipinski definition) is 0. The molecule has 1 heterocycles. The second-order valence-corrected chi connectivity index (χ2v) is 6.39. The minimum atomic E-state index is 0.505. The van der Waals surface area contributed by atoms with Crippen molar-refractivity contribution >= 4 is 0 Å². The van der Waals surface area contributed by atoms with Crippen LogP contribution in [-0.2, 0) is 19.6 Å². The molecular formula is C19H21N5. The van der Waals surface area contributed by atoms with Crippen LogP contribution in [0.15, 0.2) is 60.7 Å². The summed E-state index contributed by atoms with van der Waals surface area (Å²) in [6.45, 7) is 2.52. The van der Waals surface area contributed by atoms with E-state index in [9.17, 15) is 0 Å². The summed E-state index contributed by atoms with van der Waals surface area (Å²) in [5, 5.41) is 12.3. The molecular weight excluding hydrogens is 298 g/mol. The maximum Gasteiger partial charge on any atom is 0.165 e. The van der Waals surface area contributed by atoms with Gasteiger partial charge in [-0.05, 0) is 34.4 Å². The molecule has 122 valence electrons. The van der Waals surface area contributed by atoms with E-state index >= 15 is 0 Å². The normalized spacial score (nSPS) is 14.2. The average molecular weight is 319 g/mol. The highest BCUT2D eigenvalue weighted by molar-refractivity contribution is 5.17. The Kier molecular flexibility index (Phi) is 4.34. The Bertz CT molecular complexity index is 723. The third-order valence-corrected chi connectivity index (χ3v) is 4.32. The van der Waals surface area contributed by atoms with Gasteiger partial charge in [-0.3, -0.25) is 4.90 Å². The van der Waals surface area contributed by atoms with Crippen molar-refractivity contribution < 1.29 is 0 Å². The van der Waals surface area contributed by atoms with Gasteiger partial charge in [0.2, 0.25) is 0 Å². The number of aromatic nitrogens is 4. The molecule has 0 atom stereocenters. The summed E-state index contributed by atoms with van der Waals surface area (Å²) in [4.78, 5) is 2.40. The zero-order valence-corrected chi connectivity index (χ0v) is 13.6. The Labute approximate surface area is 141 Å². The van der Waals surface area contributed by atoms with Crippen LogP contribution in [0, 0.1) is 0 Å². The van der Waals surface area contributed by atoms with Crippen molar-refractivity contribution in [3.05, 3.63) is 77.6 Å². The molecule has 0 saturated heterocycles. The van der Waals surface area contributed by atoms with Gasteiger partial charge in [0.05, 0.1) is 12.6 Å². The molecule has 2 aromatic carbocycles. The van der Waals surface area contributed by atoms with E-state index < -0.39 is 0 Å². The van der Waals surface area contributed by atoms with Gasteiger partial charge in [-0.25, -0.2) is 4.68 Å². The first-order valence-corrected chi connectivity index (χ1v) is 8.45. The molecule has 1 fully saturated rings. The molecule has 0 unspecified atom stereocenters. The molecule has 0 bridgehead atoms. The van der Waals surface area contributed by atoms with E-state index in [2.05, 4.69) is 81.1 Å². The van der Waals surface area contributed by atoms with Crippen LogP contribution in [0.4, 0.5) is 0 Å². The van der Waals surface area contributed by atoms with E-state index in [0.29, 0.717) is 6.04 Å². The maximum absolute atomic E-state index is 4.26. The van der Waals surface area contributed by atoms with Crippen molar-refractivity contribution in [3.63, 3.8) is 0 Å². The minimum Gasteiger partial charge on any atom is -0.287 e. The third-order valence-electron chi connectivity index (χ3n) is 4.32. The second kappa shape index (κ2) is 6.93. The molecule has 0 aliphatic heterocycles. The standard InChI is InChI=1S/C19H21N5/c1-3-7-16(8-4-1)13-23(14-17-9-5-2-6-10-17)15-19-20-21-22-24(19)18-11-12-18/h1-10,18H,11-15H2. The van der Waals surface area contributed by atoms with Crippen molar-refractivity contribution in [3.8, 4) is 0 Å². The summed E-state index contributed by atoms with van der Waals surface area (Å²) in [6.07, 6.45) is 2.38. The summed E-state index contributed by atoms with van der Waals surface area (Å²) in [5.41, 5.74) is 2.61. The molecule has 0 spiro atoms. The lowest BCUT2D eigenvalue weighted by Gasteiger charge is -2.22. The van der Waals surface area contributed by atoms with Gasteiger partial charge in [0.1, 0.15) is 0 Å². The molecule has 0 N–H and O–H groups in total. The van der Waals surface area contributed by atoms with Gasteiger partial charge < -0.3 is 0 Å². The zero-order valence-electron chi connectivity index (χ0n) is 13.6. The molecule has 0 radical (unpaired) electrons. The Morgan fingerprint density at radius 3 is 1.96 bits per heavy atom. The van der Waals surface area contributed by atoms with Gasteiger partial charge in [0.15, 0.2) is 5.82 Å². The van der Waals surface area contributed by atoms with Crippen LogP contribution in [0.1, 0.15) is 35.8 Å². The molecule has 5 nitrogen and oxygen atoms in total. The van der Waals surface area contributed by atoms with Gasteiger partial charge in [-0.1, -0.05) is 60.7 Å². The van der Waals surface area contributed by atoms with Gasteiger partial charge >= 0.3 is 0 Å². The summed E-state index contributed by atoms with van der Waals surface area (Å²) in [7, 11) is 0. The molecule has 4 rings (SSSR count). The SMILES string of the molecule is c1ccc(CN(Cc2ccccc2)Cc2nnnn2C2CC2)cc1. The van der Waals surface area contributed by atoms with Gasteiger partial charge in [0.25, 0.3) is 0 Å². The predicted octanol–water partition coefficient (Wildman–Crippen LogP) is 3.21. The van der Waals surface area contributed by atoms with E-state index in [1.807, 2.05) is 4.68 Å². The van der Waals surface area contributed by atoms with E-state index in [-0.39, 0.29) is 0 Å². The lowest BCUT2D eigenvalue weighted by molar-refractivity contribution is 0.236. The summed E-state index contributed by atoms with van der Waals surface area (Å²) >= 11 is 0. The van der Waals surface area contributed by atoms with Crippen LogP contribution < -0.4 is 0 Å². The van der Waals surface area contributed by atoms with Crippen molar-refractivity contribution in [2.45, 2.75) is 38.5 Å². The molecule has 5 heteroatoms. The van der Waals surface area contributed by atoms with E-state index in [1.54, 1.807) is 0 Å². The first-order chi connectivity index (χ1) is 11.9. The van der Waals surface area contributed by atoms with Crippen LogP contribution in [0.3, 0.4) is 0 Å². The Morgan fingerprint density at radius 2 is 1.42 bits per heavy atom. The number of tetrazole rings is 1. The van der Waals surface area contributed by atoms with Crippen LogP contribution in [0.5, 0.6) is 0 Å². The fraction of sp³-hybridized carbons (Fsp3) is 0.316. The largest absolute Gasteiger partial charge is 0.287 e. The van der Waals surface area contributed by atoms with Crippen molar-refractivity contribution in [2.24, 2.45) is 0 Å². The van der Waals surface area contributed by atoms with E-state index in [0.717, 1.165) is 25.5 Å². The summed E-state index contributed by atoms with van der Waals surface area (Å²) < 4.78 is 2.00. The first kappa shape index (κ1) is 15.0. The lowest BCUT2D eigenvalue weighted by atomic mass is 10.1. The summed E-state index contributed by atoms with van der Waals surface area (Å²) in [6, 6.07) is 21.6. The fourth-order valence-electron chi connectivity index (χ4n) is 2.97. The molecule has 0 amide bonds. The topological polar surface area (TPSA) is 46.8 Å². The predicted molar refractivity (Wildman–Crippen MR) is 91.9 cm³/mol. The minimum absolute atomic E-state index is 0.505. The van der Waals surface area contributed by atoms with E-state index in [4.69, 9.17) is 0 Å². The number of benzene rings is 2. The Hall–Kier alpha value is -2.53. The van der Waals surface area contributed by atoms with Crippen LogP contribution >= 0.6 is 0 Å². The molecule has 24 heavy (non-hydrogen) atoms. The average Bonchev–Trinajstić information content (AvgIpc) is 3.36. The zero-order chi connectivity index (χ0) is 16.2. The number of nitrogens with zero attached hydrogens (tertiary/aromatic N) is 5. The van der Waals surface area contributed by atoms with Crippen molar-refractivity contribution in [1.29, 1.82) is 0 Å². The van der Waals surface area contributed by atoms with Crippen molar-refractivity contribution in [1.82, 2.24) is 25.1 Å². The summed E-state index contributed by atoms with van der Waals surface area (Å²) in [5.74, 6) is 0.962. The molecule has 1 saturated carbocycles. The molecule has 1 aliphatic rings. The maximum atomic E-state index is 4.26. The quantitative estimate of drug-likeness (QED) is 0.671. The van der Waals surface area contributed by atoms with Crippen LogP contribution in [0.25, 0.3) is 0 Å². The Balaban J connectivity index is 1.53. The molecule has 1 aliphatic carbocycles.